The van der Waals surface area contributed by atoms with Gasteiger partial charge in [-0.2, -0.15) is 0 Å². The molecule has 0 aliphatic heterocycles. The van der Waals surface area contributed by atoms with Crippen LogP contribution in [0, 0.1) is 6.57 Å². The molecule has 0 atom stereocenters. The molecule has 0 unspecified atom stereocenters. The molecule has 0 bridgehead atoms. The van der Waals surface area contributed by atoms with Crippen molar-refractivity contribution in [3.63, 3.8) is 0 Å². The maximum atomic E-state index is 7.14. The standard InChI is InChI=1S/C16H23NO3Si/c1-17-10-13(11-21(5,6)7)12-8-14(18-2)16(20-4)15(9-12)19-3/h8-10H,11H2,2-7H3/b13-10+. The topological polar surface area (TPSA) is 32.0 Å². The van der Waals surface area contributed by atoms with Crippen molar-refractivity contribution >= 4 is 13.6 Å². The van der Waals surface area contributed by atoms with E-state index >= 15 is 0 Å². The quantitative estimate of drug-likeness (QED) is 0.580. The Labute approximate surface area is 128 Å². The van der Waals surface area contributed by atoms with Crippen molar-refractivity contribution < 1.29 is 14.2 Å². The summed E-state index contributed by atoms with van der Waals surface area (Å²) in [6.45, 7) is 14.0. The van der Waals surface area contributed by atoms with E-state index in [1.54, 1.807) is 27.5 Å². The van der Waals surface area contributed by atoms with Crippen molar-refractivity contribution in [3.8, 4) is 17.2 Å². The Kier molecular flexibility index (Phi) is 5.86. The second-order valence-corrected chi connectivity index (χ2v) is 11.4. The number of benzene rings is 1. The van der Waals surface area contributed by atoms with Crippen LogP contribution in [-0.4, -0.2) is 29.4 Å². The van der Waals surface area contributed by atoms with Crippen LogP contribution in [0.25, 0.3) is 10.4 Å². The van der Waals surface area contributed by atoms with Crippen molar-refractivity contribution in [2.75, 3.05) is 21.3 Å². The molecular formula is C16H23NO3Si. The second kappa shape index (κ2) is 7.18. The number of methoxy groups -OCH3 is 3. The summed E-state index contributed by atoms with van der Waals surface area (Å²) in [4.78, 5) is 3.45. The van der Waals surface area contributed by atoms with Gasteiger partial charge in [-0.05, 0) is 29.3 Å². The lowest BCUT2D eigenvalue weighted by Crippen LogP contribution is -2.19. The Bertz CT molecular complexity index is 543. The zero-order valence-corrected chi connectivity index (χ0v) is 14.6. The summed E-state index contributed by atoms with van der Waals surface area (Å²) in [5, 5.41) is 0. The van der Waals surface area contributed by atoms with Gasteiger partial charge >= 0.3 is 0 Å². The average Bonchev–Trinajstić information content (AvgIpc) is 2.43. The van der Waals surface area contributed by atoms with Crippen molar-refractivity contribution in [1.29, 1.82) is 0 Å². The van der Waals surface area contributed by atoms with Gasteiger partial charge < -0.3 is 14.2 Å². The third-order valence-electron chi connectivity index (χ3n) is 2.98. The van der Waals surface area contributed by atoms with Crippen LogP contribution in [0.4, 0.5) is 0 Å². The van der Waals surface area contributed by atoms with E-state index in [0.29, 0.717) is 17.2 Å². The number of rotatable bonds is 6. The first kappa shape index (κ1) is 17.1. The molecule has 1 rings (SSSR count). The van der Waals surface area contributed by atoms with Crippen molar-refractivity contribution in [3.05, 3.63) is 35.3 Å². The highest BCUT2D eigenvalue weighted by atomic mass is 28.3. The lowest BCUT2D eigenvalue weighted by atomic mass is 10.1. The maximum Gasteiger partial charge on any atom is 0.203 e. The van der Waals surface area contributed by atoms with Crippen molar-refractivity contribution in [2.45, 2.75) is 25.7 Å². The van der Waals surface area contributed by atoms with E-state index in [1.807, 2.05) is 12.1 Å². The summed E-state index contributed by atoms with van der Waals surface area (Å²) in [5.41, 5.74) is 1.96. The predicted octanol–water partition coefficient (Wildman–Crippen LogP) is 4.31. The minimum Gasteiger partial charge on any atom is -0.493 e. The van der Waals surface area contributed by atoms with Gasteiger partial charge in [-0.25, -0.2) is 4.85 Å². The third kappa shape index (κ3) is 4.54. The van der Waals surface area contributed by atoms with E-state index in [4.69, 9.17) is 20.8 Å². The average molecular weight is 305 g/mol. The number of hydrogen-bond donors (Lipinski definition) is 0. The van der Waals surface area contributed by atoms with E-state index < -0.39 is 8.07 Å². The molecule has 1 aromatic rings. The lowest BCUT2D eigenvalue weighted by Gasteiger charge is -2.20. The summed E-state index contributed by atoms with van der Waals surface area (Å²) in [6, 6.07) is 4.73. The minimum atomic E-state index is -1.34. The molecular weight excluding hydrogens is 282 g/mol. The molecule has 114 valence electrons. The fraction of sp³-hybridized carbons (Fsp3) is 0.438. The van der Waals surface area contributed by atoms with Gasteiger partial charge in [-0.15, -0.1) is 0 Å². The molecule has 5 heteroatoms. The summed E-state index contributed by atoms with van der Waals surface area (Å²) < 4.78 is 16.1. The summed E-state index contributed by atoms with van der Waals surface area (Å²) >= 11 is 0. The van der Waals surface area contributed by atoms with Gasteiger partial charge in [0.15, 0.2) is 17.7 Å². The van der Waals surface area contributed by atoms with Gasteiger partial charge in [0, 0.05) is 8.07 Å². The smallest absolute Gasteiger partial charge is 0.203 e. The number of nitrogens with zero attached hydrogens (tertiary/aromatic N) is 1. The molecule has 0 saturated heterocycles. The van der Waals surface area contributed by atoms with Gasteiger partial charge in [0.1, 0.15) is 0 Å². The summed E-state index contributed by atoms with van der Waals surface area (Å²) in [5.74, 6) is 1.79. The molecule has 0 fully saturated rings. The maximum absolute atomic E-state index is 7.14. The van der Waals surface area contributed by atoms with Gasteiger partial charge in [-0.3, -0.25) is 0 Å². The zero-order valence-electron chi connectivity index (χ0n) is 13.6. The van der Waals surface area contributed by atoms with Crippen LogP contribution < -0.4 is 14.2 Å². The van der Waals surface area contributed by atoms with E-state index in [0.717, 1.165) is 17.2 Å². The molecule has 1 aromatic carbocycles. The molecule has 0 aliphatic rings. The molecule has 0 heterocycles. The SMILES string of the molecule is [C-]#[N+]/C=C(\C[Si](C)(C)C)c1cc(OC)c(OC)c(OC)c1. The number of hydrogen-bond acceptors (Lipinski definition) is 3. The molecule has 0 radical (unpaired) electrons. The van der Waals surface area contributed by atoms with Crippen LogP contribution in [0.15, 0.2) is 18.3 Å². The first-order chi connectivity index (χ1) is 9.86. The zero-order chi connectivity index (χ0) is 16.0. The molecule has 4 nitrogen and oxygen atoms in total. The van der Waals surface area contributed by atoms with Gasteiger partial charge in [0.2, 0.25) is 5.75 Å². The predicted molar refractivity (Wildman–Crippen MR) is 88.8 cm³/mol. The van der Waals surface area contributed by atoms with Crippen LogP contribution >= 0.6 is 0 Å². The Morgan fingerprint density at radius 1 is 1.10 bits per heavy atom. The molecule has 0 spiro atoms. The Morgan fingerprint density at radius 3 is 1.95 bits per heavy atom. The summed E-state index contributed by atoms with van der Waals surface area (Å²) in [7, 11) is 3.43. The fourth-order valence-electron chi connectivity index (χ4n) is 2.14. The molecule has 0 saturated carbocycles. The van der Waals surface area contributed by atoms with Crippen LogP contribution in [-0.2, 0) is 0 Å². The Hall–Kier alpha value is -1.93. The Balaban J connectivity index is 3.40. The number of allylic oxidation sites excluding steroid dienone is 1. The molecule has 0 aromatic heterocycles. The van der Waals surface area contributed by atoms with Gasteiger partial charge in [-0.1, -0.05) is 19.6 Å². The fourth-order valence-corrected chi connectivity index (χ4v) is 3.58. The molecule has 0 aliphatic carbocycles. The van der Waals surface area contributed by atoms with E-state index in [9.17, 15) is 0 Å². The largest absolute Gasteiger partial charge is 0.493 e. The van der Waals surface area contributed by atoms with Crippen LogP contribution in [0.5, 0.6) is 17.2 Å². The normalized spacial score (nSPS) is 11.8. The van der Waals surface area contributed by atoms with Gasteiger partial charge in [0.05, 0.1) is 27.9 Å². The van der Waals surface area contributed by atoms with Crippen molar-refractivity contribution in [2.24, 2.45) is 0 Å². The lowest BCUT2D eigenvalue weighted by molar-refractivity contribution is 0.324. The van der Waals surface area contributed by atoms with Crippen LogP contribution in [0.2, 0.25) is 25.7 Å². The third-order valence-corrected chi connectivity index (χ3v) is 4.42. The number of ether oxygens (including phenoxy) is 3. The highest BCUT2D eigenvalue weighted by molar-refractivity contribution is 6.77. The van der Waals surface area contributed by atoms with E-state index in [2.05, 4.69) is 24.5 Å². The van der Waals surface area contributed by atoms with Crippen LogP contribution in [0.3, 0.4) is 0 Å². The van der Waals surface area contributed by atoms with Crippen LogP contribution in [0.1, 0.15) is 5.56 Å². The second-order valence-electron chi connectivity index (χ2n) is 5.93. The molecule has 0 amide bonds. The monoisotopic (exact) mass is 305 g/mol. The molecule has 0 N–H and O–H groups in total. The Morgan fingerprint density at radius 2 is 1.62 bits per heavy atom. The highest BCUT2D eigenvalue weighted by Gasteiger charge is 2.20. The molecule has 21 heavy (non-hydrogen) atoms. The van der Waals surface area contributed by atoms with Crippen molar-refractivity contribution in [1.82, 2.24) is 0 Å². The van der Waals surface area contributed by atoms with Gasteiger partial charge in [0.25, 0.3) is 0 Å². The van der Waals surface area contributed by atoms with E-state index in [-0.39, 0.29) is 0 Å². The first-order valence-electron chi connectivity index (χ1n) is 6.72. The first-order valence-corrected chi connectivity index (χ1v) is 10.4. The van der Waals surface area contributed by atoms with E-state index in [1.165, 1.54) is 0 Å². The minimum absolute atomic E-state index is 0.568. The summed E-state index contributed by atoms with van der Waals surface area (Å²) in [6.07, 6.45) is 1.60. The highest BCUT2D eigenvalue weighted by Crippen LogP contribution is 2.41.